The van der Waals surface area contributed by atoms with Gasteiger partial charge in [-0.2, -0.15) is 5.26 Å². The van der Waals surface area contributed by atoms with E-state index in [1.807, 2.05) is 0 Å². The van der Waals surface area contributed by atoms with Gasteiger partial charge in [0.15, 0.2) is 0 Å². The summed E-state index contributed by atoms with van der Waals surface area (Å²) in [4.78, 5) is 11.8. The number of rotatable bonds is 1. The first-order valence-corrected chi connectivity index (χ1v) is 5.17. The van der Waals surface area contributed by atoms with E-state index in [9.17, 15) is 4.79 Å². The third-order valence-corrected chi connectivity index (χ3v) is 3.74. The van der Waals surface area contributed by atoms with Gasteiger partial charge in [-0.05, 0) is 25.2 Å². The maximum atomic E-state index is 11.8. The largest absolute Gasteiger partial charge is 0.299 e. The van der Waals surface area contributed by atoms with Gasteiger partial charge < -0.3 is 0 Å². The lowest BCUT2D eigenvalue weighted by Crippen LogP contribution is -2.40. The molecule has 2 aliphatic carbocycles. The molecule has 0 spiro atoms. The lowest BCUT2D eigenvalue weighted by atomic mass is 9.60. The van der Waals surface area contributed by atoms with Gasteiger partial charge in [0, 0.05) is 18.3 Å². The summed E-state index contributed by atoms with van der Waals surface area (Å²) in [5, 5.41) is 8.74. The summed E-state index contributed by atoms with van der Waals surface area (Å²) in [5.74, 6) is 1.10. The van der Waals surface area contributed by atoms with Crippen molar-refractivity contribution in [1.29, 1.82) is 5.26 Å². The van der Waals surface area contributed by atoms with Gasteiger partial charge in [-0.3, -0.25) is 4.79 Å². The van der Waals surface area contributed by atoms with Crippen LogP contribution in [0.5, 0.6) is 0 Å². The van der Waals surface area contributed by atoms with Crippen LogP contribution in [0.15, 0.2) is 0 Å². The van der Waals surface area contributed by atoms with Crippen molar-refractivity contribution in [1.82, 2.24) is 0 Å². The molecule has 70 valence electrons. The minimum Gasteiger partial charge on any atom is -0.299 e. The van der Waals surface area contributed by atoms with E-state index >= 15 is 0 Å². The van der Waals surface area contributed by atoms with Crippen LogP contribution in [0, 0.1) is 22.7 Å². The van der Waals surface area contributed by atoms with Crippen LogP contribution >= 0.6 is 0 Å². The number of hydrogen-bond donors (Lipinski definition) is 0. The summed E-state index contributed by atoms with van der Waals surface area (Å²) in [5.41, 5.74) is -0.212. The Morgan fingerprint density at radius 2 is 2.38 bits per heavy atom. The first kappa shape index (κ1) is 8.74. The van der Waals surface area contributed by atoms with Crippen molar-refractivity contribution in [2.24, 2.45) is 11.3 Å². The Bertz CT molecular complexity index is 266. The summed E-state index contributed by atoms with van der Waals surface area (Å²) in [6, 6.07) is 2.19. The first-order chi connectivity index (χ1) is 6.27. The highest BCUT2D eigenvalue weighted by atomic mass is 16.1. The van der Waals surface area contributed by atoms with E-state index in [4.69, 9.17) is 5.26 Å². The zero-order valence-electron chi connectivity index (χ0n) is 7.88. The van der Waals surface area contributed by atoms with Gasteiger partial charge in [0.1, 0.15) is 5.78 Å². The van der Waals surface area contributed by atoms with Gasteiger partial charge in [-0.25, -0.2) is 0 Å². The van der Waals surface area contributed by atoms with E-state index in [-0.39, 0.29) is 5.41 Å². The molecule has 2 fully saturated rings. The number of carbonyl (C=O) groups is 1. The molecule has 2 heteroatoms. The van der Waals surface area contributed by atoms with Crippen LogP contribution in [0.1, 0.15) is 44.9 Å². The van der Waals surface area contributed by atoms with Crippen LogP contribution < -0.4 is 0 Å². The average Bonchev–Trinajstić information content (AvgIpc) is 2.13. The zero-order chi connectivity index (χ0) is 9.31. The van der Waals surface area contributed by atoms with Crippen LogP contribution in [0.3, 0.4) is 0 Å². The maximum Gasteiger partial charge on any atom is 0.140 e. The highest BCUT2D eigenvalue weighted by Gasteiger charge is 2.45. The van der Waals surface area contributed by atoms with Crippen molar-refractivity contribution >= 4 is 5.78 Å². The molecule has 2 saturated carbocycles. The second kappa shape index (κ2) is 3.14. The third kappa shape index (κ3) is 1.37. The van der Waals surface area contributed by atoms with E-state index in [2.05, 4.69) is 6.07 Å². The minimum atomic E-state index is -0.212. The predicted octanol–water partition coefficient (Wildman–Crippen LogP) is 2.44. The molecule has 2 aliphatic rings. The van der Waals surface area contributed by atoms with E-state index in [0.29, 0.717) is 12.2 Å². The van der Waals surface area contributed by atoms with Crippen LogP contribution in [0.2, 0.25) is 0 Å². The molecule has 0 aromatic heterocycles. The molecular weight excluding hydrogens is 162 g/mol. The average molecular weight is 177 g/mol. The lowest BCUT2D eigenvalue weighted by Gasteiger charge is -2.42. The van der Waals surface area contributed by atoms with Crippen molar-refractivity contribution < 1.29 is 4.79 Å². The quantitative estimate of drug-likeness (QED) is 0.617. The van der Waals surface area contributed by atoms with E-state index in [1.54, 1.807) is 0 Å². The highest BCUT2D eigenvalue weighted by molar-refractivity contribution is 5.86. The number of nitriles is 1. The van der Waals surface area contributed by atoms with Crippen LogP contribution in [0.4, 0.5) is 0 Å². The van der Waals surface area contributed by atoms with Crippen molar-refractivity contribution in [3.63, 3.8) is 0 Å². The van der Waals surface area contributed by atoms with Gasteiger partial charge in [0.05, 0.1) is 6.07 Å². The number of carbonyl (C=O) groups excluding carboxylic acids is 1. The molecule has 2 unspecified atom stereocenters. The Balaban J connectivity index is 2.21. The Morgan fingerprint density at radius 3 is 3.15 bits per heavy atom. The molecule has 2 nitrogen and oxygen atoms in total. The number of fused-ring (bicyclic) bond motifs is 2. The summed E-state index contributed by atoms with van der Waals surface area (Å²) >= 11 is 0. The van der Waals surface area contributed by atoms with Gasteiger partial charge in [0.25, 0.3) is 0 Å². The molecule has 2 atom stereocenters. The number of nitrogens with zero attached hydrogens (tertiary/aromatic N) is 1. The third-order valence-electron chi connectivity index (χ3n) is 3.74. The number of ketones is 1. The van der Waals surface area contributed by atoms with Crippen molar-refractivity contribution in [2.45, 2.75) is 44.9 Å². The number of Topliss-reactive ketones (excluding diaryl/α,β-unsaturated/α-hetero) is 1. The molecule has 0 radical (unpaired) electrons. The molecular formula is C11H15NO. The lowest BCUT2D eigenvalue weighted by molar-refractivity contribution is -0.135. The Morgan fingerprint density at radius 1 is 1.54 bits per heavy atom. The van der Waals surface area contributed by atoms with Crippen molar-refractivity contribution in [2.75, 3.05) is 0 Å². The van der Waals surface area contributed by atoms with Crippen LogP contribution in [-0.4, -0.2) is 5.78 Å². The highest BCUT2D eigenvalue weighted by Crippen LogP contribution is 2.48. The monoisotopic (exact) mass is 177 g/mol. The topological polar surface area (TPSA) is 40.9 Å². The normalized spacial score (nSPS) is 38.4. The van der Waals surface area contributed by atoms with Gasteiger partial charge in [0.2, 0.25) is 0 Å². The fourth-order valence-electron chi connectivity index (χ4n) is 3.00. The Hall–Kier alpha value is -0.840. The molecule has 2 bridgehead atoms. The zero-order valence-corrected chi connectivity index (χ0v) is 7.88. The second-order valence-corrected chi connectivity index (χ2v) is 4.54. The fourth-order valence-corrected chi connectivity index (χ4v) is 3.00. The summed E-state index contributed by atoms with van der Waals surface area (Å²) < 4.78 is 0. The van der Waals surface area contributed by atoms with Crippen LogP contribution in [-0.2, 0) is 4.79 Å². The minimum absolute atomic E-state index is 0.212. The molecule has 0 N–H and O–H groups in total. The molecule has 13 heavy (non-hydrogen) atoms. The first-order valence-electron chi connectivity index (χ1n) is 5.17. The molecule has 0 heterocycles. The molecule has 0 aliphatic heterocycles. The van der Waals surface area contributed by atoms with Gasteiger partial charge >= 0.3 is 0 Å². The fraction of sp³-hybridized carbons (Fsp3) is 0.818. The molecule has 0 aromatic rings. The van der Waals surface area contributed by atoms with E-state index in [1.165, 1.54) is 6.42 Å². The number of hydrogen-bond acceptors (Lipinski definition) is 2. The maximum absolute atomic E-state index is 11.8. The SMILES string of the molecule is N#CCC12CCCC(CCC1=O)C2. The van der Waals surface area contributed by atoms with E-state index < -0.39 is 0 Å². The molecule has 0 aromatic carbocycles. The van der Waals surface area contributed by atoms with Crippen molar-refractivity contribution in [3.05, 3.63) is 0 Å². The van der Waals surface area contributed by atoms with E-state index in [0.717, 1.165) is 38.0 Å². The molecule has 2 rings (SSSR count). The summed E-state index contributed by atoms with van der Waals surface area (Å²) in [7, 11) is 0. The smallest absolute Gasteiger partial charge is 0.140 e. The van der Waals surface area contributed by atoms with Crippen LogP contribution in [0.25, 0.3) is 0 Å². The van der Waals surface area contributed by atoms with Gasteiger partial charge in [-0.15, -0.1) is 0 Å². The summed E-state index contributed by atoms with van der Waals surface area (Å²) in [6.45, 7) is 0. The molecule has 0 saturated heterocycles. The summed E-state index contributed by atoms with van der Waals surface area (Å²) in [6.07, 6.45) is 6.66. The Labute approximate surface area is 78.9 Å². The second-order valence-electron chi connectivity index (χ2n) is 4.54. The van der Waals surface area contributed by atoms with Gasteiger partial charge in [-0.1, -0.05) is 12.8 Å². The standard InChI is InChI=1S/C11H15NO/c12-7-6-11-5-1-2-9(8-11)3-4-10(11)13/h9H,1-6,8H2. The van der Waals surface area contributed by atoms with Crippen molar-refractivity contribution in [3.8, 4) is 6.07 Å². The Kier molecular flexibility index (Phi) is 2.11. The molecule has 0 amide bonds. The predicted molar refractivity (Wildman–Crippen MR) is 48.9 cm³/mol.